The van der Waals surface area contributed by atoms with Crippen LogP contribution >= 0.6 is 11.3 Å². The second kappa shape index (κ2) is 8.40. The van der Waals surface area contributed by atoms with Crippen molar-refractivity contribution in [2.24, 2.45) is 4.99 Å². The molecule has 3 aromatic rings. The van der Waals surface area contributed by atoms with E-state index in [1.807, 2.05) is 19.9 Å². The van der Waals surface area contributed by atoms with Crippen molar-refractivity contribution in [3.8, 4) is 0 Å². The molecule has 0 aliphatic heterocycles. The molecule has 0 unspecified atom stereocenters. The third-order valence-electron chi connectivity index (χ3n) is 4.28. The fourth-order valence-electron chi connectivity index (χ4n) is 3.00. The summed E-state index contributed by atoms with van der Waals surface area (Å²) in [6.45, 7) is 3.72. The number of hydrogen-bond donors (Lipinski definition) is 0. The maximum Gasteiger partial charge on any atom is 0.337 e. The Morgan fingerprint density at radius 3 is 2.28 bits per heavy atom. The molecule has 0 saturated heterocycles. The summed E-state index contributed by atoms with van der Waals surface area (Å²) in [7, 11) is 2.60. The number of fused-ring (bicyclic) bond motifs is 1. The molecule has 1 heterocycles. The lowest BCUT2D eigenvalue weighted by molar-refractivity contribution is -0.141. The van der Waals surface area contributed by atoms with E-state index in [9.17, 15) is 14.4 Å². The highest BCUT2D eigenvalue weighted by Gasteiger charge is 2.15. The Kier molecular flexibility index (Phi) is 5.93. The minimum absolute atomic E-state index is 0.104. The van der Waals surface area contributed by atoms with Gasteiger partial charge in [-0.2, -0.15) is 4.99 Å². The molecule has 0 aliphatic rings. The Morgan fingerprint density at radius 2 is 1.66 bits per heavy atom. The van der Waals surface area contributed by atoms with E-state index in [1.54, 1.807) is 34.9 Å². The maximum absolute atomic E-state index is 12.8. The number of benzene rings is 2. The van der Waals surface area contributed by atoms with Gasteiger partial charge in [-0.15, -0.1) is 0 Å². The van der Waals surface area contributed by atoms with Crippen LogP contribution in [-0.2, 0) is 20.8 Å². The molecular formula is C21H20N2O5S. The van der Waals surface area contributed by atoms with Crippen molar-refractivity contribution in [3.63, 3.8) is 0 Å². The van der Waals surface area contributed by atoms with E-state index in [-0.39, 0.29) is 6.54 Å². The smallest absolute Gasteiger partial charge is 0.337 e. The first-order valence-corrected chi connectivity index (χ1v) is 9.60. The molecule has 0 radical (unpaired) electrons. The number of rotatable bonds is 4. The second-order valence-corrected chi connectivity index (χ2v) is 7.52. The monoisotopic (exact) mass is 412 g/mol. The average Bonchev–Trinajstić information content (AvgIpc) is 3.02. The molecular weight excluding hydrogens is 392 g/mol. The lowest BCUT2D eigenvalue weighted by atomic mass is 10.1. The van der Waals surface area contributed by atoms with Gasteiger partial charge in [0.15, 0.2) is 4.80 Å². The summed E-state index contributed by atoms with van der Waals surface area (Å²) in [5.74, 6) is -1.35. The minimum Gasteiger partial charge on any atom is -0.468 e. The van der Waals surface area contributed by atoms with E-state index in [2.05, 4.69) is 4.99 Å². The van der Waals surface area contributed by atoms with Gasteiger partial charge in [-0.3, -0.25) is 9.59 Å². The lowest BCUT2D eigenvalue weighted by Crippen LogP contribution is -2.22. The van der Waals surface area contributed by atoms with Gasteiger partial charge in [0.2, 0.25) is 0 Å². The molecule has 0 bridgehead atoms. The van der Waals surface area contributed by atoms with Crippen LogP contribution in [-0.4, -0.2) is 36.6 Å². The van der Waals surface area contributed by atoms with Gasteiger partial charge in [-0.25, -0.2) is 4.79 Å². The zero-order chi connectivity index (χ0) is 21.1. The normalized spacial score (nSPS) is 11.5. The number of esters is 2. The lowest BCUT2D eigenvalue weighted by Gasteiger charge is -2.05. The molecule has 1 amide bonds. The van der Waals surface area contributed by atoms with Gasteiger partial charge in [-0.05, 0) is 44.2 Å². The molecule has 29 heavy (non-hydrogen) atoms. The van der Waals surface area contributed by atoms with Gasteiger partial charge in [-0.1, -0.05) is 28.5 Å². The van der Waals surface area contributed by atoms with Crippen LogP contribution < -0.4 is 4.80 Å². The first kappa shape index (κ1) is 20.5. The number of aryl methyl sites for hydroxylation is 2. The number of carbonyl (C=O) groups excluding carboxylic acids is 3. The van der Waals surface area contributed by atoms with Gasteiger partial charge in [0.1, 0.15) is 6.54 Å². The van der Waals surface area contributed by atoms with E-state index >= 15 is 0 Å². The van der Waals surface area contributed by atoms with Crippen molar-refractivity contribution in [1.82, 2.24) is 4.57 Å². The first-order valence-electron chi connectivity index (χ1n) is 8.78. The number of nitrogens with zero attached hydrogens (tertiary/aromatic N) is 2. The van der Waals surface area contributed by atoms with Crippen LogP contribution in [0.3, 0.4) is 0 Å². The zero-order valence-electron chi connectivity index (χ0n) is 16.5. The van der Waals surface area contributed by atoms with Crippen LogP contribution in [0.2, 0.25) is 0 Å². The number of carbonyl (C=O) groups is 3. The van der Waals surface area contributed by atoms with Crippen molar-refractivity contribution < 1.29 is 23.9 Å². The molecule has 0 fully saturated rings. The SMILES string of the molecule is COC(=O)Cn1c(=NC(=O)c2cc(C)cc(C)c2)sc2cc(C(=O)OC)ccc21. The van der Waals surface area contributed by atoms with Gasteiger partial charge >= 0.3 is 11.9 Å². The van der Waals surface area contributed by atoms with Crippen LogP contribution in [0.1, 0.15) is 31.8 Å². The maximum atomic E-state index is 12.8. The van der Waals surface area contributed by atoms with Crippen molar-refractivity contribution in [1.29, 1.82) is 0 Å². The van der Waals surface area contributed by atoms with E-state index in [0.29, 0.717) is 26.1 Å². The summed E-state index contributed by atoms with van der Waals surface area (Å²) in [5, 5.41) is 0. The van der Waals surface area contributed by atoms with Crippen molar-refractivity contribution in [2.45, 2.75) is 20.4 Å². The standard InChI is InChI=1S/C21H20N2O5S/c1-12-7-13(2)9-15(8-12)19(25)22-21-23(11-18(24)27-3)16-6-5-14(20(26)28-4)10-17(16)29-21/h5-10H,11H2,1-4H3. The van der Waals surface area contributed by atoms with E-state index in [4.69, 9.17) is 9.47 Å². The van der Waals surface area contributed by atoms with Gasteiger partial charge in [0.25, 0.3) is 5.91 Å². The summed E-state index contributed by atoms with van der Waals surface area (Å²) in [5.41, 5.74) is 3.44. The first-order chi connectivity index (χ1) is 13.8. The number of ether oxygens (including phenoxy) is 2. The highest BCUT2D eigenvalue weighted by Crippen LogP contribution is 2.20. The highest BCUT2D eigenvalue weighted by molar-refractivity contribution is 7.16. The molecule has 0 aliphatic carbocycles. The van der Waals surface area contributed by atoms with Crippen molar-refractivity contribution in [3.05, 3.63) is 63.5 Å². The predicted molar refractivity (Wildman–Crippen MR) is 109 cm³/mol. The largest absolute Gasteiger partial charge is 0.468 e. The summed E-state index contributed by atoms with van der Waals surface area (Å²) >= 11 is 1.21. The molecule has 0 saturated carbocycles. The van der Waals surface area contributed by atoms with Gasteiger partial charge in [0, 0.05) is 5.56 Å². The Morgan fingerprint density at radius 1 is 0.966 bits per heavy atom. The number of hydrogen-bond acceptors (Lipinski definition) is 6. The summed E-state index contributed by atoms with van der Waals surface area (Å²) < 4.78 is 11.8. The van der Waals surface area contributed by atoms with Gasteiger partial charge < -0.3 is 14.0 Å². The quantitative estimate of drug-likeness (QED) is 0.615. The summed E-state index contributed by atoms with van der Waals surface area (Å²) in [6.07, 6.45) is 0. The summed E-state index contributed by atoms with van der Waals surface area (Å²) in [4.78, 5) is 41.1. The van der Waals surface area contributed by atoms with Crippen molar-refractivity contribution >= 4 is 39.4 Å². The second-order valence-electron chi connectivity index (χ2n) is 6.51. The summed E-state index contributed by atoms with van der Waals surface area (Å²) in [6, 6.07) is 10.5. The third kappa shape index (κ3) is 4.43. The van der Waals surface area contributed by atoms with Crippen LogP contribution in [0.25, 0.3) is 10.2 Å². The number of thiazole rings is 1. The van der Waals surface area contributed by atoms with E-state index in [1.165, 1.54) is 25.6 Å². The molecule has 7 nitrogen and oxygen atoms in total. The third-order valence-corrected chi connectivity index (χ3v) is 5.33. The Balaban J connectivity index is 2.16. The van der Waals surface area contributed by atoms with Crippen LogP contribution in [0.4, 0.5) is 0 Å². The topological polar surface area (TPSA) is 87.0 Å². The minimum atomic E-state index is -0.470. The number of amides is 1. The number of methoxy groups -OCH3 is 2. The Labute approximate surface area is 171 Å². The Hall–Kier alpha value is -3.26. The molecule has 0 atom stereocenters. The van der Waals surface area contributed by atoms with Crippen LogP contribution in [0, 0.1) is 13.8 Å². The van der Waals surface area contributed by atoms with E-state index in [0.717, 1.165) is 11.1 Å². The Bertz CT molecular complexity index is 1170. The molecule has 3 rings (SSSR count). The average molecular weight is 412 g/mol. The van der Waals surface area contributed by atoms with E-state index < -0.39 is 17.8 Å². The van der Waals surface area contributed by atoms with Crippen LogP contribution in [0.5, 0.6) is 0 Å². The van der Waals surface area contributed by atoms with Crippen LogP contribution in [0.15, 0.2) is 41.4 Å². The fraction of sp³-hybridized carbons (Fsp3) is 0.238. The fourth-order valence-corrected chi connectivity index (χ4v) is 4.07. The number of aromatic nitrogens is 1. The molecule has 0 N–H and O–H groups in total. The molecule has 150 valence electrons. The molecule has 0 spiro atoms. The van der Waals surface area contributed by atoms with Gasteiger partial charge in [0.05, 0.1) is 30.0 Å². The molecule has 1 aromatic heterocycles. The highest BCUT2D eigenvalue weighted by atomic mass is 32.1. The zero-order valence-corrected chi connectivity index (χ0v) is 17.3. The predicted octanol–water partition coefficient (Wildman–Crippen LogP) is 3.02. The molecule has 8 heteroatoms. The molecule has 2 aromatic carbocycles. The van der Waals surface area contributed by atoms with Crippen molar-refractivity contribution in [2.75, 3.05) is 14.2 Å².